The van der Waals surface area contributed by atoms with Gasteiger partial charge in [-0.05, 0) is 76.9 Å². The van der Waals surface area contributed by atoms with Gasteiger partial charge in [0.15, 0.2) is 0 Å². The van der Waals surface area contributed by atoms with Gasteiger partial charge in [0.25, 0.3) is 0 Å². The lowest BCUT2D eigenvalue weighted by Crippen LogP contribution is -2.29. The van der Waals surface area contributed by atoms with Crippen molar-refractivity contribution in [2.24, 2.45) is 5.92 Å². The molecular weight excluding hydrogens is 765 g/mol. The number of ether oxygens (including phenoxy) is 3. The Bertz CT molecular complexity index is 707. The number of nitrogens with one attached hydrogen (secondary N) is 1. The molecule has 0 unspecified atom stereocenters. The van der Waals surface area contributed by atoms with Crippen LogP contribution >= 0.6 is 11.9 Å². The molecule has 0 aromatic heterocycles. The Morgan fingerprint density at radius 1 is 0.467 bits per heavy atom. The van der Waals surface area contributed by atoms with E-state index in [1.54, 1.807) is 26.2 Å². The van der Waals surface area contributed by atoms with Crippen molar-refractivity contribution in [3.05, 3.63) is 0 Å². The molecular formula is C52H108N2O5S. The minimum Gasteiger partial charge on any atom is -0.385 e. The first-order valence-electron chi connectivity index (χ1n) is 26.0. The van der Waals surface area contributed by atoms with Gasteiger partial charge in [-0.1, -0.05) is 194 Å². The molecule has 0 atom stereocenters. The Morgan fingerprint density at radius 2 is 0.883 bits per heavy atom. The molecule has 0 aliphatic heterocycles. The van der Waals surface area contributed by atoms with Crippen LogP contribution < -0.4 is 4.72 Å². The third-order valence-corrected chi connectivity index (χ3v) is 12.4. The van der Waals surface area contributed by atoms with Crippen LogP contribution in [0.4, 0.5) is 0 Å². The highest BCUT2D eigenvalue weighted by atomic mass is 32.2. The molecule has 0 radical (unpaired) electrons. The van der Waals surface area contributed by atoms with Gasteiger partial charge in [0.05, 0.1) is 12.7 Å². The summed E-state index contributed by atoms with van der Waals surface area (Å²) in [5.74, 6) is 1.91. The van der Waals surface area contributed by atoms with E-state index in [4.69, 9.17) is 14.2 Å². The molecule has 60 heavy (non-hydrogen) atoms. The van der Waals surface area contributed by atoms with Crippen molar-refractivity contribution in [2.45, 2.75) is 252 Å². The van der Waals surface area contributed by atoms with Crippen LogP contribution in [0.3, 0.4) is 0 Å². The summed E-state index contributed by atoms with van der Waals surface area (Å²) in [6.07, 6.45) is 46.0. The zero-order chi connectivity index (χ0) is 44.7. The van der Waals surface area contributed by atoms with E-state index in [9.17, 15) is 9.59 Å². The molecule has 0 heterocycles. The number of hydrogen-bond donors (Lipinski definition) is 1. The highest BCUT2D eigenvalue weighted by Gasteiger charge is 2.08. The predicted molar refractivity (Wildman–Crippen MR) is 267 cm³/mol. The molecule has 0 aromatic rings. The standard InChI is InChI=1S/C22H44N2O3S.C18H38O.C12H26O/c1-27-21-22-28-23-15-14-18-24(16-10-6-2-4-8-12-19-25)17-11-7-3-5-9-13-20-26;1-4-6-8-10-12-14-16-18(19-3)17-15-13-11-9-7-5-2;1-4-6-8-12(9-7-5-2)10-11-13-3/h19-20,23H,2-18,21-22H2,1H3;18H,4-17H2,1-3H3;12H,4-11H2,1-3H3. The highest BCUT2D eigenvalue weighted by molar-refractivity contribution is 7.97. The molecule has 0 saturated heterocycles. The topological polar surface area (TPSA) is 77.1 Å². The zero-order valence-corrected chi connectivity index (χ0v) is 42.5. The van der Waals surface area contributed by atoms with Crippen molar-refractivity contribution in [1.82, 2.24) is 9.62 Å². The van der Waals surface area contributed by atoms with Crippen LogP contribution in [0.25, 0.3) is 0 Å². The first kappa shape index (κ1) is 63.8. The third-order valence-electron chi connectivity index (χ3n) is 11.6. The van der Waals surface area contributed by atoms with Gasteiger partial charge in [0, 0.05) is 53.1 Å². The summed E-state index contributed by atoms with van der Waals surface area (Å²) >= 11 is 1.75. The molecule has 0 amide bonds. The number of methoxy groups -OCH3 is 3. The van der Waals surface area contributed by atoms with Gasteiger partial charge in [-0.2, -0.15) is 0 Å². The zero-order valence-electron chi connectivity index (χ0n) is 41.7. The lowest BCUT2D eigenvalue weighted by atomic mass is 9.93. The van der Waals surface area contributed by atoms with E-state index in [0.717, 1.165) is 63.4 Å². The van der Waals surface area contributed by atoms with E-state index in [1.807, 2.05) is 7.11 Å². The van der Waals surface area contributed by atoms with Gasteiger partial charge in [0.2, 0.25) is 0 Å². The molecule has 0 aliphatic carbocycles. The number of rotatable bonds is 48. The van der Waals surface area contributed by atoms with Crippen molar-refractivity contribution < 1.29 is 23.8 Å². The monoisotopic (exact) mass is 873 g/mol. The Hall–Kier alpha value is -0.510. The smallest absolute Gasteiger partial charge is 0.119 e. The van der Waals surface area contributed by atoms with E-state index in [1.165, 1.54) is 206 Å². The number of unbranched alkanes of at least 4 members (excludes halogenated alkanes) is 22. The fraction of sp³-hybridized carbons (Fsp3) is 0.962. The first-order chi connectivity index (χ1) is 29.5. The normalized spacial score (nSPS) is 11.2. The van der Waals surface area contributed by atoms with E-state index >= 15 is 0 Å². The molecule has 0 aliphatic rings. The molecule has 0 fully saturated rings. The molecule has 0 spiro atoms. The van der Waals surface area contributed by atoms with Gasteiger partial charge >= 0.3 is 0 Å². The molecule has 1 N–H and O–H groups in total. The summed E-state index contributed by atoms with van der Waals surface area (Å²) in [4.78, 5) is 23.3. The molecule has 0 rings (SSSR count). The van der Waals surface area contributed by atoms with Crippen LogP contribution in [0.15, 0.2) is 0 Å². The van der Waals surface area contributed by atoms with Crippen LogP contribution in [0.2, 0.25) is 0 Å². The Kier molecular flexibility index (Phi) is 64.4. The van der Waals surface area contributed by atoms with Crippen molar-refractivity contribution in [1.29, 1.82) is 0 Å². The quantitative estimate of drug-likeness (QED) is 0.0368. The van der Waals surface area contributed by atoms with Gasteiger partial charge in [-0.25, -0.2) is 0 Å². The molecule has 0 bridgehead atoms. The Labute approximate surface area is 381 Å². The van der Waals surface area contributed by atoms with Crippen LogP contribution in [0.1, 0.15) is 246 Å². The van der Waals surface area contributed by atoms with Crippen molar-refractivity contribution in [2.75, 3.05) is 66.5 Å². The number of aldehydes is 2. The minimum atomic E-state index is 0.525. The summed E-state index contributed by atoms with van der Waals surface area (Å²) in [6, 6.07) is 0. The van der Waals surface area contributed by atoms with E-state index in [-0.39, 0.29) is 0 Å². The number of nitrogens with zero attached hydrogens (tertiary/aromatic N) is 1. The molecule has 7 nitrogen and oxygen atoms in total. The number of hydrogen-bond acceptors (Lipinski definition) is 8. The lowest BCUT2D eigenvalue weighted by Gasteiger charge is -2.22. The molecule has 0 saturated carbocycles. The maximum Gasteiger partial charge on any atom is 0.119 e. The Balaban J connectivity index is -0.000000877. The van der Waals surface area contributed by atoms with E-state index in [2.05, 4.69) is 37.3 Å². The second-order valence-electron chi connectivity index (χ2n) is 17.3. The predicted octanol–water partition coefficient (Wildman–Crippen LogP) is 15.2. The fourth-order valence-corrected chi connectivity index (χ4v) is 8.24. The average molecular weight is 874 g/mol. The summed E-state index contributed by atoms with van der Waals surface area (Å²) in [5.41, 5.74) is 0. The fourth-order valence-electron chi connectivity index (χ4n) is 7.55. The van der Waals surface area contributed by atoms with Gasteiger partial charge in [0.1, 0.15) is 12.6 Å². The SMILES string of the molecule is CCCCC(CCCC)CCOC.CCCCCCCCC(CCCCCCCC)OC.COCCSNCCCN(CCCCCCCC=O)CCCCCCCC=O. The second-order valence-corrected chi connectivity index (χ2v) is 18.3. The van der Waals surface area contributed by atoms with Crippen LogP contribution in [0.5, 0.6) is 0 Å². The first-order valence-corrected chi connectivity index (χ1v) is 27.0. The summed E-state index contributed by atoms with van der Waals surface area (Å²) in [7, 11) is 5.43. The number of carbonyl (C=O) groups is 2. The number of carbonyl (C=O) groups excluding carboxylic acids is 2. The molecule has 8 heteroatoms. The van der Waals surface area contributed by atoms with E-state index < -0.39 is 0 Å². The average Bonchev–Trinajstić information content (AvgIpc) is 3.26. The van der Waals surface area contributed by atoms with E-state index in [0.29, 0.717) is 18.9 Å². The molecule has 0 aromatic carbocycles. The van der Waals surface area contributed by atoms with Gasteiger partial charge in [-0.15, -0.1) is 0 Å². The minimum absolute atomic E-state index is 0.525. The third kappa shape index (κ3) is 57.5. The highest BCUT2D eigenvalue weighted by Crippen LogP contribution is 2.20. The van der Waals surface area contributed by atoms with Crippen LogP contribution in [-0.4, -0.2) is 90.1 Å². The second kappa shape index (κ2) is 60.6. The summed E-state index contributed by atoms with van der Waals surface area (Å²) < 4.78 is 19.2. The maximum atomic E-state index is 10.3. The molecule has 362 valence electrons. The Morgan fingerprint density at radius 3 is 1.32 bits per heavy atom. The summed E-state index contributed by atoms with van der Waals surface area (Å²) in [5, 5.41) is 0. The van der Waals surface area contributed by atoms with Crippen LogP contribution in [-0.2, 0) is 23.8 Å². The van der Waals surface area contributed by atoms with Gasteiger partial charge < -0.3 is 28.7 Å². The largest absolute Gasteiger partial charge is 0.385 e. The van der Waals surface area contributed by atoms with Crippen molar-refractivity contribution in [3.63, 3.8) is 0 Å². The van der Waals surface area contributed by atoms with Crippen molar-refractivity contribution >= 4 is 24.5 Å². The summed E-state index contributed by atoms with van der Waals surface area (Å²) in [6.45, 7) is 15.4. The maximum absolute atomic E-state index is 10.3. The lowest BCUT2D eigenvalue weighted by molar-refractivity contribution is -0.108. The van der Waals surface area contributed by atoms with Crippen LogP contribution in [0, 0.1) is 5.92 Å². The van der Waals surface area contributed by atoms with Crippen molar-refractivity contribution in [3.8, 4) is 0 Å². The van der Waals surface area contributed by atoms with Gasteiger partial charge in [-0.3, -0.25) is 4.72 Å².